The van der Waals surface area contributed by atoms with Gasteiger partial charge in [0.2, 0.25) is 0 Å². The first kappa shape index (κ1) is 12.1. The van der Waals surface area contributed by atoms with Gasteiger partial charge in [0.05, 0.1) is 4.47 Å². The minimum atomic E-state index is 0.238. The molecule has 0 aliphatic carbocycles. The van der Waals surface area contributed by atoms with Crippen molar-refractivity contribution >= 4 is 21.7 Å². The number of rotatable bonds is 3. The molecule has 0 saturated carbocycles. The Morgan fingerprint density at radius 1 is 1.18 bits per heavy atom. The first-order valence-corrected chi connectivity index (χ1v) is 6.40. The van der Waals surface area contributed by atoms with Crippen LogP contribution >= 0.6 is 15.9 Å². The number of hydrogen-bond acceptors (Lipinski definition) is 2. The van der Waals surface area contributed by atoms with Gasteiger partial charge in [0, 0.05) is 12.2 Å². The normalized spacial score (nSPS) is 12.2. The second-order valence-electron chi connectivity index (χ2n) is 4.07. The van der Waals surface area contributed by atoms with Crippen molar-refractivity contribution < 1.29 is 0 Å². The van der Waals surface area contributed by atoms with Crippen LogP contribution in [0, 0.1) is 6.92 Å². The van der Waals surface area contributed by atoms with Gasteiger partial charge in [0.1, 0.15) is 5.82 Å². The Morgan fingerprint density at radius 3 is 2.59 bits per heavy atom. The molecule has 0 amide bonds. The Labute approximate surface area is 110 Å². The summed E-state index contributed by atoms with van der Waals surface area (Å²) in [6.45, 7) is 4.19. The molecule has 1 N–H and O–H groups in total. The third kappa shape index (κ3) is 2.86. The largest absolute Gasteiger partial charge is 0.363 e. The smallest absolute Gasteiger partial charge is 0.141 e. The Balaban J connectivity index is 2.19. The van der Waals surface area contributed by atoms with Gasteiger partial charge in [0.25, 0.3) is 0 Å². The Morgan fingerprint density at radius 2 is 1.88 bits per heavy atom. The highest BCUT2D eigenvalue weighted by atomic mass is 79.9. The SMILES string of the molecule is Cc1ccnc(NC(C)c2ccccc2)c1Br. The van der Waals surface area contributed by atoms with Crippen molar-refractivity contribution in [3.05, 3.63) is 58.2 Å². The summed E-state index contributed by atoms with van der Waals surface area (Å²) in [5.74, 6) is 0.890. The molecule has 0 aliphatic heterocycles. The molecule has 1 unspecified atom stereocenters. The number of aryl methyl sites for hydroxylation is 1. The van der Waals surface area contributed by atoms with Crippen LogP contribution in [0.4, 0.5) is 5.82 Å². The lowest BCUT2D eigenvalue weighted by Gasteiger charge is -2.16. The average Bonchev–Trinajstić information content (AvgIpc) is 2.36. The van der Waals surface area contributed by atoms with Crippen molar-refractivity contribution in [1.29, 1.82) is 0 Å². The van der Waals surface area contributed by atoms with Crippen molar-refractivity contribution in [2.24, 2.45) is 0 Å². The molecule has 17 heavy (non-hydrogen) atoms. The molecule has 2 nitrogen and oxygen atoms in total. The van der Waals surface area contributed by atoms with E-state index in [1.165, 1.54) is 11.1 Å². The molecule has 1 aromatic carbocycles. The average molecular weight is 291 g/mol. The number of aromatic nitrogens is 1. The minimum absolute atomic E-state index is 0.238. The van der Waals surface area contributed by atoms with Gasteiger partial charge in [-0.1, -0.05) is 30.3 Å². The molecule has 0 aliphatic rings. The monoisotopic (exact) mass is 290 g/mol. The topological polar surface area (TPSA) is 24.9 Å². The minimum Gasteiger partial charge on any atom is -0.363 e. The van der Waals surface area contributed by atoms with E-state index in [9.17, 15) is 0 Å². The summed E-state index contributed by atoms with van der Waals surface area (Å²) < 4.78 is 1.03. The van der Waals surface area contributed by atoms with E-state index in [1.807, 2.05) is 30.5 Å². The van der Waals surface area contributed by atoms with E-state index in [0.29, 0.717) is 0 Å². The van der Waals surface area contributed by atoms with Gasteiger partial charge in [-0.05, 0) is 47.0 Å². The van der Waals surface area contributed by atoms with E-state index in [0.717, 1.165) is 10.3 Å². The molecule has 0 fully saturated rings. The molecule has 1 heterocycles. The fraction of sp³-hybridized carbons (Fsp3) is 0.214. The van der Waals surface area contributed by atoms with Gasteiger partial charge in [-0.15, -0.1) is 0 Å². The number of pyridine rings is 1. The molecule has 3 heteroatoms. The molecule has 1 aromatic heterocycles. The summed E-state index contributed by atoms with van der Waals surface area (Å²) in [5, 5.41) is 3.41. The van der Waals surface area contributed by atoms with Crippen LogP contribution < -0.4 is 5.32 Å². The first-order chi connectivity index (χ1) is 8.18. The number of nitrogens with zero attached hydrogens (tertiary/aromatic N) is 1. The number of halogens is 1. The van der Waals surface area contributed by atoms with Crippen LogP contribution in [0.3, 0.4) is 0 Å². The first-order valence-electron chi connectivity index (χ1n) is 5.61. The van der Waals surface area contributed by atoms with Crippen LogP contribution in [0.5, 0.6) is 0 Å². The van der Waals surface area contributed by atoms with Crippen LogP contribution in [0.25, 0.3) is 0 Å². The molecule has 0 radical (unpaired) electrons. The van der Waals surface area contributed by atoms with E-state index in [2.05, 4.69) is 52.2 Å². The van der Waals surface area contributed by atoms with Crippen molar-refractivity contribution in [2.45, 2.75) is 19.9 Å². The highest BCUT2D eigenvalue weighted by molar-refractivity contribution is 9.10. The molecule has 2 rings (SSSR count). The van der Waals surface area contributed by atoms with Crippen molar-refractivity contribution in [3.63, 3.8) is 0 Å². The Bertz CT molecular complexity index is 497. The second kappa shape index (κ2) is 5.32. The fourth-order valence-corrected chi connectivity index (χ4v) is 2.02. The fourth-order valence-electron chi connectivity index (χ4n) is 1.67. The summed E-state index contributed by atoms with van der Waals surface area (Å²) in [5.41, 5.74) is 2.44. The molecule has 0 spiro atoms. The Hall–Kier alpha value is -1.35. The zero-order chi connectivity index (χ0) is 12.3. The zero-order valence-electron chi connectivity index (χ0n) is 9.94. The van der Waals surface area contributed by atoms with Crippen molar-refractivity contribution in [2.75, 3.05) is 5.32 Å². The maximum Gasteiger partial charge on any atom is 0.141 e. The molecular formula is C14H15BrN2. The molecule has 2 aromatic rings. The maximum absolute atomic E-state index is 4.35. The predicted octanol–water partition coefficient (Wildman–Crippen LogP) is 4.33. The third-order valence-corrected chi connectivity index (χ3v) is 3.74. The molecular weight excluding hydrogens is 276 g/mol. The predicted molar refractivity (Wildman–Crippen MR) is 75.2 cm³/mol. The van der Waals surface area contributed by atoms with E-state index in [4.69, 9.17) is 0 Å². The van der Waals surface area contributed by atoms with Gasteiger partial charge in [-0.3, -0.25) is 0 Å². The van der Waals surface area contributed by atoms with Crippen molar-refractivity contribution in [1.82, 2.24) is 4.98 Å². The molecule has 1 atom stereocenters. The lowest BCUT2D eigenvalue weighted by Crippen LogP contribution is -2.08. The summed E-state index contributed by atoms with van der Waals surface area (Å²) in [4.78, 5) is 4.35. The molecule has 88 valence electrons. The highest BCUT2D eigenvalue weighted by Gasteiger charge is 2.08. The highest BCUT2D eigenvalue weighted by Crippen LogP contribution is 2.26. The van der Waals surface area contributed by atoms with Crippen LogP contribution in [0.15, 0.2) is 47.1 Å². The van der Waals surface area contributed by atoms with E-state index >= 15 is 0 Å². The Kier molecular flexibility index (Phi) is 3.79. The second-order valence-corrected chi connectivity index (χ2v) is 4.86. The summed E-state index contributed by atoms with van der Waals surface area (Å²) in [7, 11) is 0. The summed E-state index contributed by atoms with van der Waals surface area (Å²) in [6.07, 6.45) is 1.82. The van der Waals surface area contributed by atoms with Crippen LogP contribution in [0.1, 0.15) is 24.1 Å². The number of nitrogens with one attached hydrogen (secondary N) is 1. The molecule has 0 bridgehead atoms. The van der Waals surface area contributed by atoms with E-state index in [-0.39, 0.29) is 6.04 Å². The third-order valence-electron chi connectivity index (χ3n) is 2.74. The lowest BCUT2D eigenvalue weighted by molar-refractivity contribution is 0.872. The van der Waals surface area contributed by atoms with Crippen LogP contribution in [-0.4, -0.2) is 4.98 Å². The molecule has 0 saturated heterocycles. The quantitative estimate of drug-likeness (QED) is 0.910. The zero-order valence-corrected chi connectivity index (χ0v) is 11.5. The van der Waals surface area contributed by atoms with Crippen molar-refractivity contribution in [3.8, 4) is 0 Å². The number of anilines is 1. The van der Waals surface area contributed by atoms with Gasteiger partial charge in [-0.25, -0.2) is 4.98 Å². The van der Waals surface area contributed by atoms with E-state index < -0.39 is 0 Å². The summed E-state index contributed by atoms with van der Waals surface area (Å²) >= 11 is 3.56. The van der Waals surface area contributed by atoms with Gasteiger partial charge in [0.15, 0.2) is 0 Å². The summed E-state index contributed by atoms with van der Waals surface area (Å²) in [6, 6.07) is 12.6. The lowest BCUT2D eigenvalue weighted by atomic mass is 10.1. The van der Waals surface area contributed by atoms with Gasteiger partial charge >= 0.3 is 0 Å². The maximum atomic E-state index is 4.35. The number of hydrogen-bond donors (Lipinski definition) is 1. The van der Waals surface area contributed by atoms with E-state index in [1.54, 1.807) is 0 Å². The standard InChI is InChI=1S/C14H15BrN2/c1-10-8-9-16-14(13(10)15)17-11(2)12-6-4-3-5-7-12/h3-9,11H,1-2H3,(H,16,17). The van der Waals surface area contributed by atoms with Gasteiger partial charge in [-0.2, -0.15) is 0 Å². The number of benzene rings is 1. The van der Waals surface area contributed by atoms with Crippen LogP contribution in [-0.2, 0) is 0 Å². The van der Waals surface area contributed by atoms with Gasteiger partial charge < -0.3 is 5.32 Å². The van der Waals surface area contributed by atoms with Crippen LogP contribution in [0.2, 0.25) is 0 Å².